The van der Waals surface area contributed by atoms with Gasteiger partial charge in [0.05, 0.1) is 18.1 Å². The third-order valence-electron chi connectivity index (χ3n) is 5.04. The molecule has 0 saturated heterocycles. The number of aryl methyl sites for hydroxylation is 1. The average molecular weight is 317 g/mol. The largest absolute Gasteiger partial charge is 0.497 e. The molecule has 1 aromatic carbocycles. The van der Waals surface area contributed by atoms with Crippen LogP contribution >= 0.6 is 0 Å². The molecule has 6 heteroatoms. The van der Waals surface area contributed by atoms with E-state index in [-0.39, 0.29) is 17.5 Å². The van der Waals surface area contributed by atoms with Crippen LogP contribution in [0.4, 0.5) is 0 Å². The molecule has 0 radical (unpaired) electrons. The number of imidazole rings is 1. The maximum Gasteiger partial charge on any atom is 0.328 e. The van der Waals surface area contributed by atoms with Gasteiger partial charge in [-0.2, -0.15) is 0 Å². The Bertz CT molecular complexity index is 782. The number of nitrogens with two attached hydrogens (primary N) is 1. The number of ether oxygens (including phenoxy) is 1. The van der Waals surface area contributed by atoms with Crippen LogP contribution in [0.25, 0.3) is 11.0 Å². The van der Waals surface area contributed by atoms with E-state index in [0.717, 1.165) is 42.5 Å². The van der Waals surface area contributed by atoms with E-state index in [2.05, 4.69) is 0 Å². The van der Waals surface area contributed by atoms with Gasteiger partial charge in [0, 0.05) is 25.6 Å². The third-order valence-corrected chi connectivity index (χ3v) is 5.04. The Labute approximate surface area is 134 Å². The van der Waals surface area contributed by atoms with Gasteiger partial charge in [0.1, 0.15) is 5.75 Å². The number of rotatable bonds is 4. The molecule has 0 spiro atoms. The van der Waals surface area contributed by atoms with Crippen molar-refractivity contribution in [3.63, 3.8) is 0 Å². The summed E-state index contributed by atoms with van der Waals surface area (Å²) in [4.78, 5) is 23.8. The van der Waals surface area contributed by atoms with E-state index in [1.807, 2.05) is 22.8 Å². The third kappa shape index (κ3) is 2.85. The SMILES string of the molecule is COc1ccc2c(c1)n(CC1CCC(C(N)=O)CC1)c(=O)n2C. The highest BCUT2D eigenvalue weighted by molar-refractivity contribution is 5.78. The quantitative estimate of drug-likeness (QED) is 0.931. The molecule has 6 nitrogen and oxygen atoms in total. The molecule has 124 valence electrons. The van der Waals surface area contributed by atoms with E-state index >= 15 is 0 Å². The van der Waals surface area contributed by atoms with Crippen molar-refractivity contribution >= 4 is 16.9 Å². The predicted octanol–water partition coefficient (Wildman–Crippen LogP) is 1.64. The van der Waals surface area contributed by atoms with Crippen molar-refractivity contribution in [1.82, 2.24) is 9.13 Å². The number of primary amides is 1. The van der Waals surface area contributed by atoms with E-state index in [4.69, 9.17) is 10.5 Å². The van der Waals surface area contributed by atoms with Gasteiger partial charge in [0.15, 0.2) is 0 Å². The highest BCUT2D eigenvalue weighted by Crippen LogP contribution is 2.30. The number of hydrogen-bond acceptors (Lipinski definition) is 3. The summed E-state index contributed by atoms with van der Waals surface area (Å²) in [5, 5.41) is 0. The Morgan fingerprint density at radius 3 is 2.57 bits per heavy atom. The maximum atomic E-state index is 12.5. The Balaban J connectivity index is 1.87. The second-order valence-corrected chi connectivity index (χ2v) is 6.43. The van der Waals surface area contributed by atoms with Crippen LogP contribution in [-0.2, 0) is 18.4 Å². The van der Waals surface area contributed by atoms with Crippen molar-refractivity contribution in [3.8, 4) is 5.75 Å². The van der Waals surface area contributed by atoms with Crippen LogP contribution in [-0.4, -0.2) is 22.2 Å². The Morgan fingerprint density at radius 1 is 1.26 bits per heavy atom. The topological polar surface area (TPSA) is 79.2 Å². The monoisotopic (exact) mass is 317 g/mol. The molecule has 3 rings (SSSR count). The summed E-state index contributed by atoms with van der Waals surface area (Å²) in [5.41, 5.74) is 7.18. The fraction of sp³-hybridized carbons (Fsp3) is 0.529. The molecular weight excluding hydrogens is 294 g/mol. The maximum absolute atomic E-state index is 12.5. The van der Waals surface area contributed by atoms with Gasteiger partial charge in [-0.1, -0.05) is 0 Å². The number of carbonyl (C=O) groups excluding carboxylic acids is 1. The lowest BCUT2D eigenvalue weighted by Gasteiger charge is -2.26. The average Bonchev–Trinajstić information content (AvgIpc) is 2.80. The molecule has 1 amide bonds. The normalized spacial score (nSPS) is 21.5. The molecule has 2 aromatic rings. The van der Waals surface area contributed by atoms with Crippen molar-refractivity contribution in [2.45, 2.75) is 32.2 Å². The molecule has 1 fully saturated rings. The fourth-order valence-electron chi connectivity index (χ4n) is 3.58. The van der Waals surface area contributed by atoms with Gasteiger partial charge in [-0.15, -0.1) is 0 Å². The van der Waals surface area contributed by atoms with Gasteiger partial charge in [0.25, 0.3) is 0 Å². The van der Waals surface area contributed by atoms with Crippen LogP contribution in [0.15, 0.2) is 23.0 Å². The van der Waals surface area contributed by atoms with Gasteiger partial charge in [-0.05, 0) is 43.7 Å². The lowest BCUT2D eigenvalue weighted by atomic mass is 9.81. The van der Waals surface area contributed by atoms with Crippen molar-refractivity contribution in [2.24, 2.45) is 24.6 Å². The second-order valence-electron chi connectivity index (χ2n) is 6.43. The summed E-state index contributed by atoms with van der Waals surface area (Å²) in [7, 11) is 3.41. The van der Waals surface area contributed by atoms with E-state index in [1.165, 1.54) is 0 Å². The first-order chi connectivity index (χ1) is 11.0. The molecule has 1 aromatic heterocycles. The van der Waals surface area contributed by atoms with E-state index in [0.29, 0.717) is 12.5 Å². The zero-order valence-electron chi connectivity index (χ0n) is 13.6. The van der Waals surface area contributed by atoms with Crippen molar-refractivity contribution < 1.29 is 9.53 Å². The first-order valence-electron chi connectivity index (χ1n) is 8.04. The molecule has 0 atom stereocenters. The molecular formula is C17H23N3O3. The van der Waals surface area contributed by atoms with Crippen LogP contribution in [0, 0.1) is 11.8 Å². The van der Waals surface area contributed by atoms with Crippen molar-refractivity contribution in [3.05, 3.63) is 28.7 Å². The second kappa shape index (κ2) is 6.10. The standard InChI is InChI=1S/C17H23N3O3/c1-19-14-8-7-13(23-2)9-15(14)20(17(19)22)10-11-3-5-12(6-4-11)16(18)21/h7-9,11-12H,3-6,10H2,1-2H3,(H2,18,21). The predicted molar refractivity (Wildman–Crippen MR) is 88.4 cm³/mol. The Hall–Kier alpha value is -2.24. The minimum absolute atomic E-state index is 0.00409. The first kappa shape index (κ1) is 15.6. The van der Waals surface area contributed by atoms with Crippen molar-refractivity contribution in [1.29, 1.82) is 0 Å². The molecule has 1 saturated carbocycles. The molecule has 1 aliphatic carbocycles. The molecule has 0 unspecified atom stereocenters. The number of nitrogens with zero attached hydrogens (tertiary/aromatic N) is 2. The lowest BCUT2D eigenvalue weighted by Crippen LogP contribution is -2.31. The highest BCUT2D eigenvalue weighted by Gasteiger charge is 2.26. The summed E-state index contributed by atoms with van der Waals surface area (Å²) in [6.45, 7) is 0.675. The minimum atomic E-state index is -0.199. The molecule has 0 aliphatic heterocycles. The number of hydrogen-bond donors (Lipinski definition) is 1. The first-order valence-corrected chi connectivity index (χ1v) is 8.04. The van der Waals surface area contributed by atoms with Gasteiger partial charge >= 0.3 is 5.69 Å². The van der Waals surface area contributed by atoms with Crippen LogP contribution in [0.2, 0.25) is 0 Å². The summed E-state index contributed by atoms with van der Waals surface area (Å²) >= 11 is 0. The number of benzene rings is 1. The van der Waals surface area contributed by atoms with E-state index in [9.17, 15) is 9.59 Å². The number of fused-ring (bicyclic) bond motifs is 1. The zero-order valence-corrected chi connectivity index (χ0v) is 13.6. The number of amides is 1. The Morgan fingerprint density at radius 2 is 1.96 bits per heavy atom. The molecule has 1 aliphatic rings. The number of aromatic nitrogens is 2. The minimum Gasteiger partial charge on any atom is -0.497 e. The molecule has 0 bridgehead atoms. The summed E-state index contributed by atoms with van der Waals surface area (Å²) in [6, 6.07) is 5.69. The molecule has 1 heterocycles. The summed E-state index contributed by atoms with van der Waals surface area (Å²) in [5.74, 6) is 0.945. The number of methoxy groups -OCH3 is 1. The zero-order chi connectivity index (χ0) is 16.6. The van der Waals surface area contributed by atoms with Gasteiger partial charge in [-0.3, -0.25) is 13.9 Å². The fourth-order valence-corrected chi connectivity index (χ4v) is 3.58. The number of carbonyl (C=O) groups is 1. The van der Waals surface area contributed by atoms with E-state index < -0.39 is 0 Å². The van der Waals surface area contributed by atoms with Gasteiger partial charge in [-0.25, -0.2) is 4.79 Å². The lowest BCUT2D eigenvalue weighted by molar-refractivity contribution is -0.123. The molecule has 2 N–H and O–H groups in total. The van der Waals surface area contributed by atoms with Crippen LogP contribution in [0.3, 0.4) is 0 Å². The van der Waals surface area contributed by atoms with Crippen LogP contribution < -0.4 is 16.2 Å². The molecule has 23 heavy (non-hydrogen) atoms. The Kier molecular flexibility index (Phi) is 4.15. The van der Waals surface area contributed by atoms with Crippen LogP contribution in [0.5, 0.6) is 5.75 Å². The van der Waals surface area contributed by atoms with Crippen molar-refractivity contribution in [2.75, 3.05) is 7.11 Å². The summed E-state index contributed by atoms with van der Waals surface area (Å²) in [6.07, 6.45) is 3.51. The summed E-state index contributed by atoms with van der Waals surface area (Å²) < 4.78 is 8.78. The van der Waals surface area contributed by atoms with Gasteiger partial charge in [0.2, 0.25) is 5.91 Å². The van der Waals surface area contributed by atoms with Gasteiger partial charge < -0.3 is 10.5 Å². The van der Waals surface area contributed by atoms with Crippen LogP contribution in [0.1, 0.15) is 25.7 Å². The van der Waals surface area contributed by atoms with E-state index in [1.54, 1.807) is 18.7 Å². The smallest absolute Gasteiger partial charge is 0.328 e. The highest BCUT2D eigenvalue weighted by atomic mass is 16.5.